The van der Waals surface area contributed by atoms with Crippen molar-refractivity contribution in [3.05, 3.63) is 46.7 Å². The van der Waals surface area contributed by atoms with Gasteiger partial charge in [0.25, 0.3) is 0 Å². The summed E-state index contributed by atoms with van der Waals surface area (Å²) in [7, 11) is 1.60. The molecule has 0 amide bonds. The average Bonchev–Trinajstić information content (AvgIpc) is 2.49. The predicted octanol–water partition coefficient (Wildman–Crippen LogP) is 2.22. The number of aromatic nitrogens is 2. The van der Waals surface area contributed by atoms with E-state index in [-0.39, 0.29) is 0 Å². The number of halogens is 1. The van der Waals surface area contributed by atoms with Crippen LogP contribution in [-0.2, 0) is 17.8 Å². The van der Waals surface area contributed by atoms with Crippen LogP contribution in [0.15, 0.2) is 30.3 Å². The molecule has 1 aromatic carbocycles. The number of methoxy groups -OCH3 is 1. The number of rotatable bonds is 7. The summed E-state index contributed by atoms with van der Waals surface area (Å²) in [5, 5.41) is 3.99. The zero-order valence-corrected chi connectivity index (χ0v) is 12.5. The van der Waals surface area contributed by atoms with E-state index in [1.807, 2.05) is 24.3 Å². The number of hydrogen-bond acceptors (Lipinski definition) is 6. The summed E-state index contributed by atoms with van der Waals surface area (Å²) >= 11 is 5.86. The maximum atomic E-state index is 5.86. The first kappa shape index (κ1) is 15.5. The summed E-state index contributed by atoms with van der Waals surface area (Å²) in [6.45, 7) is 1.08. The minimum atomic E-state index is 0.335. The first-order chi connectivity index (χ1) is 10.2. The van der Waals surface area contributed by atoms with Gasteiger partial charge in [0.05, 0.1) is 0 Å². The van der Waals surface area contributed by atoms with Gasteiger partial charge in [0.1, 0.15) is 18.2 Å². The van der Waals surface area contributed by atoms with Crippen LogP contribution in [0.2, 0.25) is 5.02 Å². The standard InChI is InChI=1S/C14H18ClN5O/c1-21-9-14-18-12(8-13(19-14)20-16)17-7-6-10-2-4-11(15)5-3-10/h2-5,8H,6-7,9,16H2,1H3,(H2,17,18,19,20). The quantitative estimate of drug-likeness (QED) is 0.537. The molecular formula is C14H18ClN5O. The molecule has 0 unspecified atom stereocenters. The van der Waals surface area contributed by atoms with E-state index in [9.17, 15) is 0 Å². The van der Waals surface area contributed by atoms with Gasteiger partial charge >= 0.3 is 0 Å². The number of ether oxygens (including phenoxy) is 1. The number of anilines is 2. The number of nitrogen functional groups attached to an aromatic ring is 1. The third-order valence-corrected chi connectivity index (χ3v) is 3.08. The van der Waals surface area contributed by atoms with E-state index in [1.54, 1.807) is 13.2 Å². The highest BCUT2D eigenvalue weighted by molar-refractivity contribution is 6.30. The van der Waals surface area contributed by atoms with Gasteiger partial charge in [-0.05, 0) is 24.1 Å². The van der Waals surface area contributed by atoms with Crippen LogP contribution in [0.1, 0.15) is 11.4 Å². The summed E-state index contributed by atoms with van der Waals surface area (Å²) in [5.41, 5.74) is 3.72. The van der Waals surface area contributed by atoms with Gasteiger partial charge in [0.2, 0.25) is 0 Å². The molecule has 6 nitrogen and oxygen atoms in total. The van der Waals surface area contributed by atoms with E-state index in [0.717, 1.165) is 18.0 Å². The van der Waals surface area contributed by atoms with Gasteiger partial charge in [-0.1, -0.05) is 23.7 Å². The summed E-state index contributed by atoms with van der Waals surface area (Å²) in [5.74, 6) is 7.22. The summed E-state index contributed by atoms with van der Waals surface area (Å²) in [6, 6.07) is 9.53. The maximum Gasteiger partial charge on any atom is 0.158 e. The van der Waals surface area contributed by atoms with Crippen LogP contribution in [0, 0.1) is 0 Å². The molecule has 0 saturated heterocycles. The molecule has 112 valence electrons. The molecule has 2 rings (SSSR count). The highest BCUT2D eigenvalue weighted by atomic mass is 35.5. The smallest absolute Gasteiger partial charge is 0.158 e. The minimum Gasteiger partial charge on any atom is -0.377 e. The van der Waals surface area contributed by atoms with Gasteiger partial charge in [-0.3, -0.25) is 0 Å². The van der Waals surface area contributed by atoms with Crippen molar-refractivity contribution in [2.24, 2.45) is 5.84 Å². The molecular weight excluding hydrogens is 290 g/mol. The van der Waals surface area contributed by atoms with E-state index in [4.69, 9.17) is 22.2 Å². The van der Waals surface area contributed by atoms with Crippen LogP contribution in [0.25, 0.3) is 0 Å². The van der Waals surface area contributed by atoms with Crippen LogP contribution in [0.4, 0.5) is 11.6 Å². The molecule has 0 saturated carbocycles. The summed E-state index contributed by atoms with van der Waals surface area (Å²) in [4.78, 5) is 8.54. The highest BCUT2D eigenvalue weighted by Gasteiger charge is 2.03. The molecule has 0 bridgehead atoms. The Morgan fingerprint density at radius 1 is 1.19 bits per heavy atom. The molecule has 0 aliphatic carbocycles. The van der Waals surface area contributed by atoms with Crippen molar-refractivity contribution in [1.29, 1.82) is 0 Å². The maximum absolute atomic E-state index is 5.86. The van der Waals surface area contributed by atoms with Crippen LogP contribution < -0.4 is 16.6 Å². The first-order valence-corrected chi connectivity index (χ1v) is 6.91. The second-order valence-electron chi connectivity index (χ2n) is 4.44. The molecule has 0 fully saturated rings. The van der Waals surface area contributed by atoms with Crippen LogP contribution in [0.3, 0.4) is 0 Å². The number of nitrogens with zero attached hydrogens (tertiary/aromatic N) is 2. The van der Waals surface area contributed by atoms with Gasteiger partial charge in [0, 0.05) is 24.7 Å². The number of hydrogen-bond donors (Lipinski definition) is 3. The molecule has 2 aromatic rings. The molecule has 1 aromatic heterocycles. The molecule has 0 aliphatic heterocycles. The topological polar surface area (TPSA) is 85.1 Å². The monoisotopic (exact) mass is 307 g/mol. The largest absolute Gasteiger partial charge is 0.377 e. The second kappa shape index (κ2) is 7.78. The van der Waals surface area contributed by atoms with Gasteiger partial charge in [-0.25, -0.2) is 15.8 Å². The fourth-order valence-corrected chi connectivity index (χ4v) is 1.97. The van der Waals surface area contributed by atoms with E-state index in [2.05, 4.69) is 20.7 Å². The van der Waals surface area contributed by atoms with E-state index >= 15 is 0 Å². The van der Waals surface area contributed by atoms with Crippen molar-refractivity contribution in [3.63, 3.8) is 0 Å². The number of hydrazine groups is 1. The Morgan fingerprint density at radius 3 is 2.57 bits per heavy atom. The lowest BCUT2D eigenvalue weighted by molar-refractivity contribution is 0.178. The lowest BCUT2D eigenvalue weighted by Crippen LogP contribution is -2.13. The highest BCUT2D eigenvalue weighted by Crippen LogP contribution is 2.12. The van der Waals surface area contributed by atoms with Gasteiger partial charge in [-0.15, -0.1) is 0 Å². The first-order valence-electron chi connectivity index (χ1n) is 6.53. The number of benzene rings is 1. The lowest BCUT2D eigenvalue weighted by atomic mass is 10.1. The molecule has 0 radical (unpaired) electrons. The van der Waals surface area contributed by atoms with Crippen molar-refractivity contribution < 1.29 is 4.74 Å². The second-order valence-corrected chi connectivity index (χ2v) is 4.87. The van der Waals surface area contributed by atoms with E-state index < -0.39 is 0 Å². The van der Waals surface area contributed by atoms with Crippen molar-refractivity contribution in [2.75, 3.05) is 24.4 Å². The number of nitrogens with two attached hydrogens (primary N) is 1. The number of nitrogens with one attached hydrogen (secondary N) is 2. The SMILES string of the molecule is COCc1nc(NN)cc(NCCc2ccc(Cl)cc2)n1. The Kier molecular flexibility index (Phi) is 5.74. The summed E-state index contributed by atoms with van der Waals surface area (Å²) < 4.78 is 5.03. The van der Waals surface area contributed by atoms with Crippen LogP contribution in [-0.4, -0.2) is 23.6 Å². The van der Waals surface area contributed by atoms with Crippen molar-refractivity contribution in [1.82, 2.24) is 9.97 Å². The van der Waals surface area contributed by atoms with Crippen molar-refractivity contribution in [2.45, 2.75) is 13.0 Å². The normalized spacial score (nSPS) is 10.4. The molecule has 4 N–H and O–H groups in total. The van der Waals surface area contributed by atoms with E-state index in [1.165, 1.54) is 5.56 Å². The zero-order valence-electron chi connectivity index (χ0n) is 11.8. The summed E-state index contributed by atoms with van der Waals surface area (Å²) in [6.07, 6.45) is 0.867. The van der Waals surface area contributed by atoms with Gasteiger partial charge < -0.3 is 15.5 Å². The molecule has 0 spiro atoms. The Hall–Kier alpha value is -1.89. The minimum absolute atomic E-state index is 0.335. The molecule has 1 heterocycles. The Labute approximate surface area is 128 Å². The Balaban J connectivity index is 1.95. The third kappa shape index (κ3) is 4.86. The van der Waals surface area contributed by atoms with Gasteiger partial charge in [0.15, 0.2) is 5.82 Å². The van der Waals surface area contributed by atoms with Crippen molar-refractivity contribution >= 4 is 23.2 Å². The average molecular weight is 308 g/mol. The molecule has 21 heavy (non-hydrogen) atoms. The third-order valence-electron chi connectivity index (χ3n) is 2.83. The molecule has 7 heteroatoms. The van der Waals surface area contributed by atoms with Gasteiger partial charge in [-0.2, -0.15) is 0 Å². The van der Waals surface area contributed by atoms with Crippen molar-refractivity contribution in [3.8, 4) is 0 Å². The fourth-order valence-electron chi connectivity index (χ4n) is 1.84. The predicted molar refractivity (Wildman–Crippen MR) is 84.2 cm³/mol. The zero-order chi connectivity index (χ0) is 15.1. The fraction of sp³-hybridized carbons (Fsp3) is 0.286. The Morgan fingerprint density at radius 2 is 1.90 bits per heavy atom. The molecule has 0 aliphatic rings. The van der Waals surface area contributed by atoms with Crippen LogP contribution >= 0.6 is 11.6 Å². The lowest BCUT2D eigenvalue weighted by Gasteiger charge is -2.09. The Bertz CT molecular complexity index is 576. The molecule has 0 atom stereocenters. The van der Waals surface area contributed by atoms with Crippen LogP contribution in [0.5, 0.6) is 0 Å². The van der Waals surface area contributed by atoms with E-state index in [0.29, 0.717) is 24.1 Å².